The van der Waals surface area contributed by atoms with Gasteiger partial charge < -0.3 is 5.11 Å². The van der Waals surface area contributed by atoms with E-state index in [1.54, 1.807) is 38.2 Å². The molecule has 0 aliphatic rings. The highest BCUT2D eigenvalue weighted by Crippen LogP contribution is 2.30. The Labute approximate surface area is 122 Å². The molecule has 5 heteroatoms. The summed E-state index contributed by atoms with van der Waals surface area (Å²) < 4.78 is 26.0. The summed E-state index contributed by atoms with van der Waals surface area (Å²) in [6.07, 6.45) is 0.604. The van der Waals surface area contributed by atoms with Crippen LogP contribution in [-0.2, 0) is 10.0 Å². The van der Waals surface area contributed by atoms with Crippen LogP contribution in [0.1, 0.15) is 45.7 Å². The van der Waals surface area contributed by atoms with Crippen LogP contribution in [0, 0.1) is 5.41 Å². The topological polar surface area (TPSA) is 57.6 Å². The van der Waals surface area contributed by atoms with Crippen LogP contribution < -0.4 is 0 Å². The molecule has 1 unspecified atom stereocenters. The average Bonchev–Trinajstić information content (AvgIpc) is 2.34. The number of nitrogens with zero attached hydrogens (tertiary/aromatic N) is 1. The predicted molar refractivity (Wildman–Crippen MR) is 82.1 cm³/mol. The van der Waals surface area contributed by atoms with Crippen molar-refractivity contribution in [3.8, 4) is 5.75 Å². The van der Waals surface area contributed by atoms with Crippen LogP contribution >= 0.6 is 0 Å². The maximum absolute atomic E-state index is 12.3. The van der Waals surface area contributed by atoms with Crippen molar-refractivity contribution in [3.05, 3.63) is 29.8 Å². The maximum Gasteiger partial charge on any atom is 0.214 e. The molecule has 1 aromatic rings. The van der Waals surface area contributed by atoms with Gasteiger partial charge in [-0.15, -0.1) is 0 Å². The zero-order valence-electron chi connectivity index (χ0n) is 12.9. The molecule has 0 heterocycles. The first-order chi connectivity index (χ1) is 9.04. The van der Waals surface area contributed by atoms with Crippen molar-refractivity contribution < 1.29 is 13.5 Å². The highest BCUT2D eigenvalue weighted by atomic mass is 32.2. The van der Waals surface area contributed by atoms with Gasteiger partial charge in [0.2, 0.25) is 10.0 Å². The lowest BCUT2D eigenvalue weighted by Gasteiger charge is -2.27. The molecule has 0 spiro atoms. The van der Waals surface area contributed by atoms with Crippen LogP contribution in [-0.4, -0.2) is 30.6 Å². The van der Waals surface area contributed by atoms with E-state index in [1.165, 1.54) is 4.31 Å². The number of hydrogen-bond acceptors (Lipinski definition) is 3. The van der Waals surface area contributed by atoms with Gasteiger partial charge in [0.05, 0.1) is 11.8 Å². The van der Waals surface area contributed by atoms with Crippen LogP contribution in [0.5, 0.6) is 5.75 Å². The third-order valence-electron chi connectivity index (χ3n) is 3.48. The first kappa shape index (κ1) is 17.0. The lowest BCUT2D eigenvalue weighted by Crippen LogP contribution is -2.33. The Hall–Kier alpha value is -1.07. The van der Waals surface area contributed by atoms with Gasteiger partial charge in [0.1, 0.15) is 5.75 Å². The molecule has 1 rings (SSSR count). The maximum atomic E-state index is 12.3. The second-order valence-electron chi connectivity index (χ2n) is 6.38. The Balaban J connectivity index is 2.88. The standard InChI is InChI=1S/C15H25NO3S/c1-12(13-8-6-7-9-14(13)17)16(5)20(18,19)11-10-15(2,3)4/h6-9,12,17H,10-11H2,1-5H3. The number of aromatic hydroxyl groups is 1. The van der Waals surface area contributed by atoms with E-state index in [9.17, 15) is 13.5 Å². The lowest BCUT2D eigenvalue weighted by atomic mass is 9.94. The summed E-state index contributed by atoms with van der Waals surface area (Å²) in [6.45, 7) is 7.85. The van der Waals surface area contributed by atoms with E-state index in [0.29, 0.717) is 12.0 Å². The number of sulfonamides is 1. The minimum atomic E-state index is -3.34. The molecule has 1 atom stereocenters. The number of para-hydroxylation sites is 1. The number of phenolic OH excluding ortho intramolecular Hbond substituents is 1. The Morgan fingerprint density at radius 1 is 1.25 bits per heavy atom. The molecule has 1 N–H and O–H groups in total. The highest BCUT2D eigenvalue weighted by molar-refractivity contribution is 7.89. The van der Waals surface area contributed by atoms with Crippen LogP contribution in [0.2, 0.25) is 0 Å². The zero-order chi connectivity index (χ0) is 15.6. The molecular weight excluding hydrogens is 274 g/mol. The van der Waals surface area contributed by atoms with Crippen molar-refractivity contribution in [1.29, 1.82) is 0 Å². The Bertz CT molecular complexity index is 546. The molecule has 20 heavy (non-hydrogen) atoms. The first-order valence-electron chi connectivity index (χ1n) is 6.78. The van der Waals surface area contributed by atoms with Gasteiger partial charge in [-0.2, -0.15) is 4.31 Å². The molecule has 0 fully saturated rings. The molecule has 0 aliphatic carbocycles. The molecule has 0 bridgehead atoms. The highest BCUT2D eigenvalue weighted by Gasteiger charge is 2.27. The molecular formula is C15H25NO3S. The summed E-state index contributed by atoms with van der Waals surface area (Å²) in [4.78, 5) is 0. The van der Waals surface area contributed by atoms with E-state index in [4.69, 9.17) is 0 Å². The summed E-state index contributed by atoms with van der Waals surface area (Å²) >= 11 is 0. The second kappa shape index (κ2) is 6.14. The van der Waals surface area contributed by atoms with Gasteiger partial charge >= 0.3 is 0 Å². The SMILES string of the molecule is CC(c1ccccc1O)N(C)S(=O)(=O)CCC(C)(C)C. The second-order valence-corrected chi connectivity index (χ2v) is 8.53. The lowest BCUT2D eigenvalue weighted by molar-refractivity contribution is 0.364. The van der Waals surface area contributed by atoms with Crippen molar-refractivity contribution in [1.82, 2.24) is 4.31 Å². The molecule has 0 radical (unpaired) electrons. The van der Waals surface area contributed by atoms with Crippen LogP contribution in [0.25, 0.3) is 0 Å². The van der Waals surface area contributed by atoms with E-state index >= 15 is 0 Å². The van der Waals surface area contributed by atoms with E-state index in [2.05, 4.69) is 0 Å². The van der Waals surface area contributed by atoms with Gasteiger partial charge in [0.15, 0.2) is 0 Å². The molecule has 0 saturated carbocycles. The monoisotopic (exact) mass is 299 g/mol. The smallest absolute Gasteiger partial charge is 0.214 e. The minimum Gasteiger partial charge on any atom is -0.508 e. The summed E-state index contributed by atoms with van der Waals surface area (Å²) in [5, 5.41) is 9.83. The van der Waals surface area contributed by atoms with E-state index in [0.717, 1.165) is 0 Å². The Kier molecular flexibility index (Phi) is 5.21. The van der Waals surface area contributed by atoms with Gasteiger partial charge in [-0.3, -0.25) is 0 Å². The minimum absolute atomic E-state index is 0.0218. The van der Waals surface area contributed by atoms with Crippen molar-refractivity contribution in [2.45, 2.75) is 40.2 Å². The summed E-state index contributed by atoms with van der Waals surface area (Å²) in [5.74, 6) is 0.239. The fourth-order valence-corrected chi connectivity index (χ4v) is 3.61. The number of rotatable bonds is 5. The summed E-state index contributed by atoms with van der Waals surface area (Å²) in [5.41, 5.74) is 0.598. The largest absolute Gasteiger partial charge is 0.508 e. The Morgan fingerprint density at radius 2 is 1.80 bits per heavy atom. The summed E-state index contributed by atoms with van der Waals surface area (Å²) in [6, 6.07) is 6.44. The van der Waals surface area contributed by atoms with E-state index < -0.39 is 10.0 Å². The molecule has 0 saturated heterocycles. The van der Waals surface area contributed by atoms with Crippen LogP contribution in [0.4, 0.5) is 0 Å². The summed E-state index contributed by atoms with van der Waals surface area (Å²) in [7, 11) is -1.77. The molecule has 0 aromatic heterocycles. The number of benzene rings is 1. The normalized spacial score (nSPS) is 14.5. The third kappa shape index (κ3) is 4.49. The quantitative estimate of drug-likeness (QED) is 0.908. The zero-order valence-corrected chi connectivity index (χ0v) is 13.7. The van der Waals surface area contributed by atoms with E-state index in [1.807, 2.05) is 20.8 Å². The first-order valence-corrected chi connectivity index (χ1v) is 8.39. The molecule has 0 amide bonds. The molecule has 0 aliphatic heterocycles. The predicted octanol–water partition coefficient (Wildman–Crippen LogP) is 3.15. The van der Waals surface area contributed by atoms with Gasteiger partial charge in [-0.25, -0.2) is 8.42 Å². The van der Waals surface area contributed by atoms with Crippen molar-refractivity contribution in [3.63, 3.8) is 0 Å². The third-order valence-corrected chi connectivity index (χ3v) is 5.39. The van der Waals surface area contributed by atoms with Gasteiger partial charge in [-0.05, 0) is 24.8 Å². The van der Waals surface area contributed by atoms with Crippen LogP contribution in [0.15, 0.2) is 24.3 Å². The average molecular weight is 299 g/mol. The van der Waals surface area contributed by atoms with Crippen molar-refractivity contribution in [2.24, 2.45) is 5.41 Å². The van der Waals surface area contributed by atoms with Crippen molar-refractivity contribution in [2.75, 3.05) is 12.8 Å². The number of phenols is 1. The molecule has 4 nitrogen and oxygen atoms in total. The van der Waals surface area contributed by atoms with E-state index in [-0.39, 0.29) is 23.0 Å². The van der Waals surface area contributed by atoms with Crippen molar-refractivity contribution >= 4 is 10.0 Å². The van der Waals surface area contributed by atoms with Gasteiger partial charge in [0.25, 0.3) is 0 Å². The number of hydrogen-bond donors (Lipinski definition) is 1. The van der Waals surface area contributed by atoms with Gasteiger partial charge in [-0.1, -0.05) is 39.0 Å². The van der Waals surface area contributed by atoms with Gasteiger partial charge in [0, 0.05) is 12.6 Å². The fourth-order valence-electron chi connectivity index (χ4n) is 1.86. The van der Waals surface area contributed by atoms with Crippen LogP contribution in [0.3, 0.4) is 0 Å². The Morgan fingerprint density at radius 3 is 2.30 bits per heavy atom. The fraction of sp³-hybridized carbons (Fsp3) is 0.600. The molecule has 114 valence electrons. The molecule has 1 aromatic carbocycles.